The highest BCUT2D eigenvalue weighted by molar-refractivity contribution is 6.01. The van der Waals surface area contributed by atoms with E-state index in [4.69, 9.17) is 5.73 Å². The fraction of sp³-hybridized carbons (Fsp3) is 0.0667. The van der Waals surface area contributed by atoms with Crippen molar-refractivity contribution in [3.63, 3.8) is 0 Å². The summed E-state index contributed by atoms with van der Waals surface area (Å²) >= 11 is 0. The largest absolute Gasteiger partial charge is 0.377 e. The van der Waals surface area contributed by atoms with Crippen molar-refractivity contribution in [3.05, 3.63) is 65.7 Å². The highest BCUT2D eigenvalue weighted by atomic mass is 16.1. The van der Waals surface area contributed by atoms with Gasteiger partial charge in [0.15, 0.2) is 5.78 Å². The van der Waals surface area contributed by atoms with Gasteiger partial charge in [0.2, 0.25) is 0 Å². The lowest BCUT2D eigenvalue weighted by Gasteiger charge is -2.09. The third-order valence-electron chi connectivity index (χ3n) is 2.73. The molecule has 0 heterocycles. The topological polar surface area (TPSA) is 72.2 Å². The van der Waals surface area contributed by atoms with Crippen molar-refractivity contribution in [1.82, 2.24) is 0 Å². The lowest BCUT2D eigenvalue weighted by Crippen LogP contribution is -2.18. The third kappa shape index (κ3) is 3.19. The van der Waals surface area contributed by atoms with Gasteiger partial charge in [-0.3, -0.25) is 9.59 Å². The number of para-hydroxylation sites is 1. The van der Waals surface area contributed by atoms with Gasteiger partial charge < -0.3 is 11.1 Å². The summed E-state index contributed by atoms with van der Waals surface area (Å²) < 4.78 is 0. The second kappa shape index (κ2) is 5.82. The lowest BCUT2D eigenvalue weighted by atomic mass is 10.1. The van der Waals surface area contributed by atoms with Crippen LogP contribution in [0.25, 0.3) is 0 Å². The molecule has 1 amide bonds. The number of benzene rings is 2. The van der Waals surface area contributed by atoms with Crippen molar-refractivity contribution >= 4 is 17.4 Å². The fourth-order valence-corrected chi connectivity index (χ4v) is 1.75. The predicted molar refractivity (Wildman–Crippen MR) is 74.2 cm³/mol. The summed E-state index contributed by atoms with van der Waals surface area (Å²) in [5.41, 5.74) is 6.85. The van der Waals surface area contributed by atoms with Gasteiger partial charge in [-0.25, -0.2) is 0 Å². The molecule has 4 heteroatoms. The summed E-state index contributed by atoms with van der Waals surface area (Å²) in [6, 6.07) is 15.8. The molecule has 0 bridgehead atoms. The van der Waals surface area contributed by atoms with E-state index in [0.29, 0.717) is 16.8 Å². The van der Waals surface area contributed by atoms with Crippen molar-refractivity contribution < 1.29 is 9.59 Å². The molecule has 0 aliphatic carbocycles. The number of amides is 1. The Bertz CT molecular complexity index is 594. The molecule has 0 unspecified atom stereocenters. The van der Waals surface area contributed by atoms with Crippen LogP contribution < -0.4 is 11.1 Å². The van der Waals surface area contributed by atoms with Crippen LogP contribution >= 0.6 is 0 Å². The molecule has 0 aromatic heterocycles. The second-order valence-electron chi connectivity index (χ2n) is 4.05. The van der Waals surface area contributed by atoms with Crippen LogP contribution in [0.4, 0.5) is 5.69 Å². The molecule has 0 aliphatic rings. The summed E-state index contributed by atoms with van der Waals surface area (Å²) in [4.78, 5) is 23.2. The normalized spacial score (nSPS) is 9.89. The number of nitrogens with one attached hydrogen (secondary N) is 1. The molecular weight excluding hydrogens is 240 g/mol. The van der Waals surface area contributed by atoms with Crippen LogP contribution in [-0.2, 0) is 0 Å². The highest BCUT2D eigenvalue weighted by Gasteiger charge is 2.09. The monoisotopic (exact) mass is 254 g/mol. The maximum absolute atomic E-state index is 11.9. The van der Waals surface area contributed by atoms with Crippen LogP contribution in [0.2, 0.25) is 0 Å². The minimum absolute atomic E-state index is 0.0418. The van der Waals surface area contributed by atoms with E-state index in [1.165, 1.54) is 0 Å². The molecule has 0 atom stereocenters. The second-order valence-corrected chi connectivity index (χ2v) is 4.05. The summed E-state index contributed by atoms with van der Waals surface area (Å²) in [6.07, 6.45) is 0. The molecule has 4 nitrogen and oxygen atoms in total. The molecule has 0 saturated heterocycles. The molecule has 2 aromatic rings. The standard InChI is InChI=1S/C15H14N2O2/c16-15(19)12-8-4-5-9-13(12)17-10-14(18)11-6-2-1-3-7-11/h1-9,17H,10H2,(H2,16,19). The molecule has 0 fully saturated rings. The maximum Gasteiger partial charge on any atom is 0.250 e. The Labute approximate surface area is 111 Å². The minimum Gasteiger partial charge on any atom is -0.377 e. The van der Waals surface area contributed by atoms with E-state index in [-0.39, 0.29) is 12.3 Å². The van der Waals surface area contributed by atoms with E-state index in [9.17, 15) is 9.59 Å². The van der Waals surface area contributed by atoms with Gasteiger partial charge in [-0.1, -0.05) is 42.5 Å². The van der Waals surface area contributed by atoms with E-state index in [1.54, 1.807) is 36.4 Å². The maximum atomic E-state index is 11.9. The summed E-state index contributed by atoms with van der Waals surface area (Å²) in [7, 11) is 0. The lowest BCUT2D eigenvalue weighted by molar-refractivity contribution is 0.0991. The van der Waals surface area contributed by atoms with Crippen LogP contribution in [0, 0.1) is 0 Å². The summed E-state index contributed by atoms with van der Waals surface area (Å²) in [6.45, 7) is 0.119. The fourth-order valence-electron chi connectivity index (χ4n) is 1.75. The predicted octanol–water partition coefficient (Wildman–Crippen LogP) is 2.08. The Morgan fingerprint density at radius 3 is 2.26 bits per heavy atom. The van der Waals surface area contributed by atoms with Crippen LogP contribution in [0.5, 0.6) is 0 Å². The van der Waals surface area contributed by atoms with E-state index >= 15 is 0 Å². The molecule has 2 rings (SSSR count). The first kappa shape index (κ1) is 12.8. The van der Waals surface area contributed by atoms with Gasteiger partial charge in [0, 0.05) is 11.3 Å². The van der Waals surface area contributed by atoms with Crippen molar-refractivity contribution in [2.45, 2.75) is 0 Å². The van der Waals surface area contributed by atoms with Gasteiger partial charge in [-0.15, -0.1) is 0 Å². The van der Waals surface area contributed by atoms with Crippen LogP contribution in [0.1, 0.15) is 20.7 Å². The molecular formula is C15H14N2O2. The number of hydrogen-bond donors (Lipinski definition) is 2. The zero-order chi connectivity index (χ0) is 13.7. The summed E-state index contributed by atoms with van der Waals surface area (Å²) in [5.74, 6) is -0.560. The number of primary amides is 1. The highest BCUT2D eigenvalue weighted by Crippen LogP contribution is 2.14. The van der Waals surface area contributed by atoms with E-state index < -0.39 is 5.91 Å². The van der Waals surface area contributed by atoms with Crippen molar-refractivity contribution in [2.75, 3.05) is 11.9 Å². The number of Topliss-reactive ketones (excluding diaryl/α,β-unsaturated/α-hetero) is 1. The number of rotatable bonds is 5. The quantitative estimate of drug-likeness (QED) is 0.802. The number of hydrogen-bond acceptors (Lipinski definition) is 3. The van der Waals surface area contributed by atoms with E-state index in [0.717, 1.165) is 0 Å². The molecule has 0 aliphatic heterocycles. The van der Waals surface area contributed by atoms with Gasteiger partial charge in [0.05, 0.1) is 12.1 Å². The first-order chi connectivity index (χ1) is 9.18. The van der Waals surface area contributed by atoms with Gasteiger partial charge in [0.1, 0.15) is 0 Å². The number of carbonyl (C=O) groups excluding carboxylic acids is 2. The van der Waals surface area contributed by atoms with E-state index in [1.807, 2.05) is 18.2 Å². The molecule has 2 aromatic carbocycles. The Morgan fingerprint density at radius 1 is 0.947 bits per heavy atom. The van der Waals surface area contributed by atoms with E-state index in [2.05, 4.69) is 5.32 Å². The molecule has 0 spiro atoms. The van der Waals surface area contributed by atoms with Gasteiger partial charge >= 0.3 is 0 Å². The number of ketones is 1. The molecule has 96 valence electrons. The average molecular weight is 254 g/mol. The number of anilines is 1. The Hall–Kier alpha value is -2.62. The SMILES string of the molecule is NC(=O)c1ccccc1NCC(=O)c1ccccc1. The van der Waals surface area contributed by atoms with Gasteiger partial charge in [-0.05, 0) is 12.1 Å². The smallest absolute Gasteiger partial charge is 0.250 e. The zero-order valence-electron chi connectivity index (χ0n) is 10.3. The zero-order valence-corrected chi connectivity index (χ0v) is 10.3. The summed E-state index contributed by atoms with van der Waals surface area (Å²) in [5, 5.41) is 2.94. The first-order valence-corrected chi connectivity index (χ1v) is 5.89. The Kier molecular flexibility index (Phi) is 3.93. The van der Waals surface area contributed by atoms with Crippen molar-refractivity contribution in [3.8, 4) is 0 Å². The minimum atomic E-state index is -0.518. The Balaban J connectivity index is 2.07. The average Bonchev–Trinajstić information content (AvgIpc) is 2.46. The Morgan fingerprint density at radius 2 is 1.58 bits per heavy atom. The van der Waals surface area contributed by atoms with Crippen LogP contribution in [0.15, 0.2) is 54.6 Å². The number of carbonyl (C=O) groups is 2. The van der Waals surface area contributed by atoms with Gasteiger partial charge in [0.25, 0.3) is 5.91 Å². The first-order valence-electron chi connectivity index (χ1n) is 5.89. The third-order valence-corrected chi connectivity index (χ3v) is 2.73. The molecule has 0 saturated carbocycles. The molecule has 19 heavy (non-hydrogen) atoms. The molecule has 3 N–H and O–H groups in total. The number of nitrogens with two attached hydrogens (primary N) is 1. The van der Waals surface area contributed by atoms with Crippen molar-refractivity contribution in [2.24, 2.45) is 5.73 Å². The van der Waals surface area contributed by atoms with Crippen LogP contribution in [0.3, 0.4) is 0 Å². The van der Waals surface area contributed by atoms with Crippen LogP contribution in [-0.4, -0.2) is 18.2 Å². The van der Waals surface area contributed by atoms with Crippen molar-refractivity contribution in [1.29, 1.82) is 0 Å². The molecule has 0 radical (unpaired) electrons. The van der Waals surface area contributed by atoms with Gasteiger partial charge in [-0.2, -0.15) is 0 Å².